The number of aromatic amines is 1. The molecule has 0 saturated heterocycles. The fourth-order valence-corrected chi connectivity index (χ4v) is 3.85. The lowest BCUT2D eigenvalue weighted by Crippen LogP contribution is -2.10. The first-order valence-corrected chi connectivity index (χ1v) is 8.78. The quantitative estimate of drug-likeness (QED) is 0.437. The van der Waals surface area contributed by atoms with Crippen molar-refractivity contribution in [1.29, 1.82) is 0 Å². The molecule has 0 spiro atoms. The fraction of sp³-hybridized carbons (Fsp3) is 0.105. The zero-order chi connectivity index (χ0) is 17.2. The van der Waals surface area contributed by atoms with Crippen molar-refractivity contribution in [3.05, 3.63) is 78.2 Å². The molecular weight excluding hydrogens is 332 g/mol. The van der Waals surface area contributed by atoms with Crippen molar-refractivity contribution < 1.29 is 4.79 Å². The van der Waals surface area contributed by atoms with E-state index in [1.165, 1.54) is 11.8 Å². The van der Waals surface area contributed by atoms with Crippen LogP contribution in [-0.4, -0.2) is 25.5 Å². The smallest absolute Gasteiger partial charge is 0.191 e. The first kappa shape index (κ1) is 15.7. The fourth-order valence-electron chi connectivity index (χ4n) is 2.80. The molecule has 4 rings (SSSR count). The van der Waals surface area contributed by atoms with Crippen LogP contribution >= 0.6 is 11.8 Å². The average molecular weight is 348 g/mol. The molecule has 1 atom stereocenters. The van der Waals surface area contributed by atoms with Crippen molar-refractivity contribution in [3.8, 4) is 0 Å². The van der Waals surface area contributed by atoms with Gasteiger partial charge in [-0.2, -0.15) is 0 Å². The van der Waals surface area contributed by atoms with Crippen LogP contribution in [-0.2, 0) is 7.05 Å². The summed E-state index contributed by atoms with van der Waals surface area (Å²) in [6.45, 7) is 0. The van der Waals surface area contributed by atoms with Crippen LogP contribution in [0.5, 0.6) is 0 Å². The Kier molecular flexibility index (Phi) is 4.11. The lowest BCUT2D eigenvalue weighted by molar-refractivity contribution is 0.0991. The Morgan fingerprint density at radius 1 is 1.12 bits per heavy atom. The van der Waals surface area contributed by atoms with Crippen LogP contribution in [0.1, 0.15) is 21.2 Å². The number of carbonyl (C=O) groups is 1. The Labute approximate surface area is 149 Å². The van der Waals surface area contributed by atoms with Gasteiger partial charge in [0.2, 0.25) is 0 Å². The van der Waals surface area contributed by atoms with Crippen molar-refractivity contribution in [3.63, 3.8) is 0 Å². The van der Waals surface area contributed by atoms with Gasteiger partial charge in [-0.05, 0) is 11.6 Å². The SMILES string of the molecule is Cn1cnnc1SC(C(=O)c1c[nH]c2ccccc12)c1ccccc1. The average Bonchev–Trinajstić information content (AvgIpc) is 3.26. The molecule has 0 saturated carbocycles. The summed E-state index contributed by atoms with van der Waals surface area (Å²) in [6.07, 6.45) is 3.43. The molecule has 0 amide bonds. The summed E-state index contributed by atoms with van der Waals surface area (Å²) in [7, 11) is 1.88. The van der Waals surface area contributed by atoms with Gasteiger partial charge < -0.3 is 9.55 Å². The van der Waals surface area contributed by atoms with Gasteiger partial charge in [0.25, 0.3) is 0 Å². The molecule has 4 aromatic rings. The first-order valence-electron chi connectivity index (χ1n) is 7.90. The first-order chi connectivity index (χ1) is 12.2. The molecule has 124 valence electrons. The van der Waals surface area contributed by atoms with Gasteiger partial charge in [-0.25, -0.2) is 0 Å². The van der Waals surface area contributed by atoms with Gasteiger partial charge in [0.05, 0.1) is 0 Å². The lowest BCUT2D eigenvalue weighted by atomic mass is 10.0. The van der Waals surface area contributed by atoms with Gasteiger partial charge in [-0.15, -0.1) is 10.2 Å². The maximum absolute atomic E-state index is 13.4. The van der Waals surface area contributed by atoms with Gasteiger partial charge >= 0.3 is 0 Å². The number of rotatable bonds is 5. The number of hydrogen-bond donors (Lipinski definition) is 1. The number of ketones is 1. The molecule has 0 fully saturated rings. The number of para-hydroxylation sites is 1. The molecule has 1 N–H and O–H groups in total. The molecule has 2 heterocycles. The number of fused-ring (bicyclic) bond motifs is 1. The predicted molar refractivity (Wildman–Crippen MR) is 98.7 cm³/mol. The number of nitrogens with zero attached hydrogens (tertiary/aromatic N) is 3. The zero-order valence-corrected chi connectivity index (χ0v) is 14.4. The number of thioether (sulfide) groups is 1. The van der Waals surface area contributed by atoms with E-state index in [1.54, 1.807) is 12.5 Å². The van der Waals surface area contributed by atoms with Crippen LogP contribution in [0.15, 0.2) is 72.3 Å². The maximum Gasteiger partial charge on any atom is 0.191 e. The Bertz CT molecular complexity index is 1020. The van der Waals surface area contributed by atoms with Crippen molar-refractivity contribution >= 4 is 28.4 Å². The zero-order valence-electron chi connectivity index (χ0n) is 13.6. The van der Waals surface area contributed by atoms with Gasteiger partial charge in [-0.3, -0.25) is 4.79 Å². The summed E-state index contributed by atoms with van der Waals surface area (Å²) < 4.78 is 1.82. The van der Waals surface area contributed by atoms with Gasteiger partial charge in [0.1, 0.15) is 11.6 Å². The van der Waals surface area contributed by atoms with Crippen LogP contribution in [0, 0.1) is 0 Å². The van der Waals surface area contributed by atoms with Crippen molar-refractivity contribution in [2.45, 2.75) is 10.4 Å². The Balaban J connectivity index is 1.77. The lowest BCUT2D eigenvalue weighted by Gasteiger charge is -2.15. The molecule has 25 heavy (non-hydrogen) atoms. The maximum atomic E-state index is 13.4. The number of hydrogen-bond acceptors (Lipinski definition) is 4. The van der Waals surface area contributed by atoms with Crippen LogP contribution in [0.4, 0.5) is 0 Å². The van der Waals surface area contributed by atoms with Crippen molar-refractivity contribution in [2.75, 3.05) is 0 Å². The topological polar surface area (TPSA) is 63.6 Å². The molecule has 5 nitrogen and oxygen atoms in total. The Morgan fingerprint density at radius 3 is 2.64 bits per heavy atom. The largest absolute Gasteiger partial charge is 0.360 e. The number of aromatic nitrogens is 4. The van der Waals surface area contributed by atoms with Gasteiger partial charge in [-0.1, -0.05) is 60.3 Å². The van der Waals surface area contributed by atoms with Crippen LogP contribution in [0.2, 0.25) is 0 Å². The minimum Gasteiger partial charge on any atom is -0.360 e. The third-order valence-electron chi connectivity index (χ3n) is 4.09. The summed E-state index contributed by atoms with van der Waals surface area (Å²) in [5.74, 6) is 0.0525. The Morgan fingerprint density at radius 2 is 1.88 bits per heavy atom. The minimum absolute atomic E-state index is 0.0525. The highest BCUT2D eigenvalue weighted by Crippen LogP contribution is 2.37. The summed E-state index contributed by atoms with van der Waals surface area (Å²) in [5.41, 5.74) is 2.60. The second-order valence-corrected chi connectivity index (χ2v) is 6.82. The molecule has 6 heteroatoms. The highest BCUT2D eigenvalue weighted by atomic mass is 32.2. The number of benzene rings is 2. The molecule has 0 bridgehead atoms. The van der Waals surface area contributed by atoms with Gasteiger partial charge in [0, 0.05) is 29.7 Å². The van der Waals surface area contributed by atoms with Gasteiger partial charge in [0.15, 0.2) is 10.9 Å². The standard InChI is InChI=1S/C19H16N4OS/c1-23-12-21-22-19(23)25-18(13-7-3-2-4-8-13)17(24)15-11-20-16-10-6-5-9-14(15)16/h2-12,18,20H,1H3. The van der Waals surface area contributed by atoms with E-state index in [0.717, 1.165) is 16.5 Å². The third kappa shape index (κ3) is 2.96. The molecule has 2 aromatic carbocycles. The summed E-state index contributed by atoms with van der Waals surface area (Å²) in [6, 6.07) is 17.6. The summed E-state index contributed by atoms with van der Waals surface area (Å²) >= 11 is 1.42. The highest BCUT2D eigenvalue weighted by molar-refractivity contribution is 8.00. The summed E-state index contributed by atoms with van der Waals surface area (Å²) in [5, 5.41) is 9.30. The van der Waals surface area contributed by atoms with Crippen LogP contribution in [0.25, 0.3) is 10.9 Å². The van der Waals surface area contributed by atoms with E-state index in [2.05, 4.69) is 15.2 Å². The second-order valence-electron chi connectivity index (χ2n) is 5.75. The third-order valence-corrected chi connectivity index (χ3v) is 5.39. The second kappa shape index (κ2) is 6.57. The van der Waals surface area contributed by atoms with E-state index in [9.17, 15) is 4.79 Å². The molecule has 0 aliphatic heterocycles. The van der Waals surface area contributed by atoms with Crippen molar-refractivity contribution in [2.24, 2.45) is 7.05 Å². The molecule has 2 aromatic heterocycles. The number of nitrogens with one attached hydrogen (secondary N) is 1. The number of Topliss-reactive ketones (excluding diaryl/α,β-unsaturated/α-hetero) is 1. The van der Waals surface area contributed by atoms with E-state index in [1.807, 2.05) is 66.2 Å². The van der Waals surface area contributed by atoms with E-state index in [-0.39, 0.29) is 11.0 Å². The number of carbonyl (C=O) groups excluding carboxylic acids is 1. The van der Waals surface area contributed by atoms with Crippen LogP contribution in [0.3, 0.4) is 0 Å². The molecule has 0 aliphatic rings. The molecule has 1 unspecified atom stereocenters. The van der Waals surface area contributed by atoms with Crippen molar-refractivity contribution in [1.82, 2.24) is 19.7 Å². The number of aryl methyl sites for hydroxylation is 1. The van der Waals surface area contributed by atoms with E-state index >= 15 is 0 Å². The molecular formula is C19H16N4OS. The Hall–Kier alpha value is -2.86. The monoisotopic (exact) mass is 348 g/mol. The minimum atomic E-state index is -0.386. The summed E-state index contributed by atoms with van der Waals surface area (Å²) in [4.78, 5) is 16.5. The highest BCUT2D eigenvalue weighted by Gasteiger charge is 2.27. The van der Waals surface area contributed by atoms with E-state index in [4.69, 9.17) is 0 Å². The number of H-pyrrole nitrogens is 1. The van der Waals surface area contributed by atoms with E-state index in [0.29, 0.717) is 10.7 Å². The molecule has 0 radical (unpaired) electrons. The predicted octanol–water partition coefficient (Wildman–Crippen LogP) is 4.01. The van der Waals surface area contributed by atoms with E-state index < -0.39 is 0 Å². The normalized spacial score (nSPS) is 12.4. The molecule has 0 aliphatic carbocycles. The van der Waals surface area contributed by atoms with Crippen LogP contribution < -0.4 is 0 Å².